The highest BCUT2D eigenvalue weighted by molar-refractivity contribution is 7.92. The van der Waals surface area contributed by atoms with E-state index in [1.54, 1.807) is 43.3 Å². The first-order chi connectivity index (χ1) is 10.8. The van der Waals surface area contributed by atoms with E-state index in [1.165, 1.54) is 7.05 Å². The molecule has 7 heteroatoms. The fourth-order valence-electron chi connectivity index (χ4n) is 2.06. The minimum absolute atomic E-state index is 0.238. The zero-order valence-corrected chi connectivity index (χ0v) is 14.0. The van der Waals surface area contributed by atoms with Crippen molar-refractivity contribution in [2.75, 3.05) is 17.1 Å². The molecule has 0 saturated carbocycles. The number of carbonyl (C=O) groups excluding carboxylic acids is 1. The predicted molar refractivity (Wildman–Crippen MR) is 91.2 cm³/mol. The third-order valence-electron chi connectivity index (χ3n) is 3.23. The van der Waals surface area contributed by atoms with Gasteiger partial charge < -0.3 is 10.6 Å². The number of nitrogens with one attached hydrogen (secondary N) is 3. The van der Waals surface area contributed by atoms with Crippen molar-refractivity contribution in [3.8, 4) is 0 Å². The van der Waals surface area contributed by atoms with Gasteiger partial charge in [0.1, 0.15) is 0 Å². The number of rotatable bonds is 4. The highest BCUT2D eigenvalue weighted by atomic mass is 32.2. The first-order valence-corrected chi connectivity index (χ1v) is 8.49. The van der Waals surface area contributed by atoms with E-state index < -0.39 is 10.0 Å². The van der Waals surface area contributed by atoms with Gasteiger partial charge in [-0.1, -0.05) is 18.2 Å². The van der Waals surface area contributed by atoms with Crippen molar-refractivity contribution in [1.29, 1.82) is 0 Å². The Bertz CT molecular complexity index is 832. The summed E-state index contributed by atoms with van der Waals surface area (Å²) in [5, 5.41) is 5.03. The van der Waals surface area contributed by atoms with Crippen LogP contribution in [0.2, 0.25) is 0 Å². The summed E-state index contributed by atoms with van der Waals surface area (Å²) in [6.07, 6.45) is 0. The monoisotopic (exact) mass is 333 g/mol. The van der Waals surface area contributed by atoms with E-state index >= 15 is 0 Å². The minimum Gasteiger partial charge on any atom is -0.341 e. The largest absolute Gasteiger partial charge is 0.341 e. The second-order valence-corrected chi connectivity index (χ2v) is 6.81. The fraction of sp³-hybridized carbons (Fsp3) is 0.188. The number of hydrogen-bond donors (Lipinski definition) is 3. The molecule has 0 aliphatic carbocycles. The molecule has 0 spiro atoms. The molecule has 0 fully saturated rings. The van der Waals surface area contributed by atoms with Gasteiger partial charge in [0.2, 0.25) is 0 Å². The number of urea groups is 1. The second kappa shape index (κ2) is 6.70. The molecule has 2 aromatic carbocycles. The van der Waals surface area contributed by atoms with Crippen molar-refractivity contribution in [2.24, 2.45) is 0 Å². The molecule has 0 aliphatic heterocycles. The molecule has 0 atom stereocenters. The normalized spacial score (nSPS) is 10.9. The van der Waals surface area contributed by atoms with Gasteiger partial charge in [-0.3, -0.25) is 4.72 Å². The maximum absolute atomic E-state index is 12.6. The number of carbonyl (C=O) groups is 1. The molecule has 2 amide bonds. The summed E-state index contributed by atoms with van der Waals surface area (Å²) < 4.78 is 27.6. The molecule has 0 heterocycles. The number of amides is 2. The van der Waals surface area contributed by atoms with Crippen LogP contribution in [0.1, 0.15) is 11.1 Å². The lowest BCUT2D eigenvalue weighted by atomic mass is 10.2. The van der Waals surface area contributed by atoms with Gasteiger partial charge in [-0.25, -0.2) is 13.2 Å². The van der Waals surface area contributed by atoms with E-state index in [-0.39, 0.29) is 10.9 Å². The molecule has 0 radical (unpaired) electrons. The molecule has 2 aromatic rings. The standard InChI is InChI=1S/C16H19N3O3S/c1-11-7-8-12(2)15(9-11)23(21,22)19-14-6-4-5-13(10-14)18-16(20)17-3/h4-10,19H,1-3H3,(H2,17,18,20). The smallest absolute Gasteiger partial charge is 0.318 e. The van der Waals surface area contributed by atoms with E-state index in [2.05, 4.69) is 15.4 Å². The van der Waals surface area contributed by atoms with Crippen LogP contribution in [0.25, 0.3) is 0 Å². The lowest BCUT2D eigenvalue weighted by molar-refractivity contribution is 0.254. The van der Waals surface area contributed by atoms with Gasteiger partial charge in [0, 0.05) is 12.7 Å². The lowest BCUT2D eigenvalue weighted by Crippen LogP contribution is -2.24. The van der Waals surface area contributed by atoms with E-state index in [1.807, 2.05) is 13.0 Å². The number of aryl methyl sites for hydroxylation is 2. The Morgan fingerprint density at radius 2 is 1.70 bits per heavy atom. The van der Waals surface area contributed by atoms with Crippen LogP contribution >= 0.6 is 0 Å². The summed E-state index contributed by atoms with van der Waals surface area (Å²) in [6, 6.07) is 11.4. The molecule has 0 saturated heterocycles. The second-order valence-electron chi connectivity index (χ2n) is 5.16. The quantitative estimate of drug-likeness (QED) is 0.804. The summed E-state index contributed by atoms with van der Waals surface area (Å²) >= 11 is 0. The fourth-order valence-corrected chi connectivity index (χ4v) is 3.44. The zero-order valence-electron chi connectivity index (χ0n) is 13.2. The topological polar surface area (TPSA) is 87.3 Å². The van der Waals surface area contributed by atoms with Crippen LogP contribution in [-0.4, -0.2) is 21.5 Å². The Labute approximate surface area is 136 Å². The van der Waals surface area contributed by atoms with Crippen molar-refractivity contribution in [3.63, 3.8) is 0 Å². The predicted octanol–water partition coefficient (Wildman–Crippen LogP) is 2.86. The lowest BCUT2D eigenvalue weighted by Gasteiger charge is -2.12. The number of benzene rings is 2. The molecule has 122 valence electrons. The summed E-state index contributed by atoms with van der Waals surface area (Å²) in [5.74, 6) is 0. The maximum Gasteiger partial charge on any atom is 0.318 e. The summed E-state index contributed by atoms with van der Waals surface area (Å²) in [6.45, 7) is 3.59. The third-order valence-corrected chi connectivity index (χ3v) is 4.76. The van der Waals surface area contributed by atoms with Crippen LogP contribution in [0.3, 0.4) is 0 Å². The third kappa shape index (κ3) is 4.23. The van der Waals surface area contributed by atoms with E-state index in [0.717, 1.165) is 5.56 Å². The Morgan fingerprint density at radius 1 is 1.00 bits per heavy atom. The minimum atomic E-state index is -3.70. The van der Waals surface area contributed by atoms with Gasteiger partial charge >= 0.3 is 6.03 Å². The number of hydrogen-bond acceptors (Lipinski definition) is 3. The van der Waals surface area contributed by atoms with Crippen molar-refractivity contribution in [3.05, 3.63) is 53.6 Å². The summed E-state index contributed by atoms with van der Waals surface area (Å²) in [4.78, 5) is 11.6. The van der Waals surface area contributed by atoms with Crippen molar-refractivity contribution in [1.82, 2.24) is 5.32 Å². The van der Waals surface area contributed by atoms with Gasteiger partial charge in [-0.2, -0.15) is 0 Å². The number of anilines is 2. The molecular weight excluding hydrogens is 314 g/mol. The summed E-state index contributed by atoms with van der Waals surface area (Å²) in [7, 11) is -2.19. The first kappa shape index (κ1) is 16.8. The van der Waals surface area contributed by atoms with E-state index in [0.29, 0.717) is 16.9 Å². The number of sulfonamides is 1. The molecule has 2 rings (SSSR count). The molecule has 0 bridgehead atoms. The molecule has 0 aromatic heterocycles. The van der Waals surface area contributed by atoms with Gasteiger partial charge in [0.25, 0.3) is 10.0 Å². The maximum atomic E-state index is 12.6. The molecule has 3 N–H and O–H groups in total. The molecule has 0 aliphatic rings. The highest BCUT2D eigenvalue weighted by Gasteiger charge is 2.17. The molecule has 0 unspecified atom stereocenters. The molecule has 23 heavy (non-hydrogen) atoms. The molecular formula is C16H19N3O3S. The zero-order chi connectivity index (χ0) is 17.0. The Balaban J connectivity index is 2.29. The Kier molecular flexibility index (Phi) is 4.90. The van der Waals surface area contributed by atoms with Crippen LogP contribution in [0.5, 0.6) is 0 Å². The molecule has 6 nitrogen and oxygen atoms in total. The van der Waals surface area contributed by atoms with Gasteiger partial charge in [0.15, 0.2) is 0 Å². The Morgan fingerprint density at radius 3 is 2.39 bits per heavy atom. The summed E-state index contributed by atoms with van der Waals surface area (Å²) in [5.41, 5.74) is 2.40. The Hall–Kier alpha value is -2.54. The van der Waals surface area contributed by atoms with Crippen molar-refractivity contribution >= 4 is 27.4 Å². The van der Waals surface area contributed by atoms with Gasteiger partial charge in [0.05, 0.1) is 10.6 Å². The van der Waals surface area contributed by atoms with E-state index in [4.69, 9.17) is 0 Å². The van der Waals surface area contributed by atoms with Gasteiger partial charge in [-0.05, 0) is 49.2 Å². The average Bonchev–Trinajstić information content (AvgIpc) is 2.49. The average molecular weight is 333 g/mol. The van der Waals surface area contributed by atoms with Crippen LogP contribution in [0.4, 0.5) is 16.2 Å². The van der Waals surface area contributed by atoms with Gasteiger partial charge in [-0.15, -0.1) is 0 Å². The first-order valence-electron chi connectivity index (χ1n) is 7.01. The van der Waals surface area contributed by atoms with E-state index in [9.17, 15) is 13.2 Å². The van der Waals surface area contributed by atoms with Crippen LogP contribution in [0.15, 0.2) is 47.4 Å². The SMILES string of the molecule is CNC(=O)Nc1cccc(NS(=O)(=O)c2cc(C)ccc2C)c1. The highest BCUT2D eigenvalue weighted by Crippen LogP contribution is 2.22. The van der Waals surface area contributed by atoms with Crippen LogP contribution in [-0.2, 0) is 10.0 Å². The van der Waals surface area contributed by atoms with Crippen molar-refractivity contribution < 1.29 is 13.2 Å². The van der Waals surface area contributed by atoms with Crippen LogP contribution < -0.4 is 15.4 Å². The van der Waals surface area contributed by atoms with Crippen LogP contribution in [0, 0.1) is 13.8 Å². The van der Waals surface area contributed by atoms with Crippen molar-refractivity contribution in [2.45, 2.75) is 18.7 Å².